The number of amides is 2. The zero-order valence-corrected chi connectivity index (χ0v) is 17.3. The number of halogens is 2. The first-order valence-corrected chi connectivity index (χ1v) is 9.41. The Kier molecular flexibility index (Phi) is 6.01. The van der Waals surface area contributed by atoms with Crippen LogP contribution in [0.25, 0.3) is 0 Å². The average molecular weight is 423 g/mol. The number of anilines is 1. The van der Waals surface area contributed by atoms with Crippen molar-refractivity contribution in [2.24, 2.45) is 0 Å². The zero-order chi connectivity index (χ0) is 20.4. The first kappa shape index (κ1) is 20.3. The minimum Gasteiger partial charge on any atom is -0.497 e. The molecule has 8 heteroatoms. The SMILES string of the molecule is COc1cc(OC)cc(C(=O)N2CCN(c3ccc(Cl)cc3Cl)C(=O)[C@@H]2C)c1. The molecule has 1 aliphatic heterocycles. The molecule has 3 rings (SSSR count). The number of rotatable bonds is 4. The zero-order valence-electron chi connectivity index (χ0n) is 15.7. The average Bonchev–Trinajstić information content (AvgIpc) is 2.69. The Balaban J connectivity index is 1.85. The third kappa shape index (κ3) is 3.88. The van der Waals surface area contributed by atoms with E-state index in [9.17, 15) is 9.59 Å². The van der Waals surface area contributed by atoms with Gasteiger partial charge in [-0.3, -0.25) is 9.59 Å². The topological polar surface area (TPSA) is 59.1 Å². The Morgan fingerprint density at radius 2 is 1.68 bits per heavy atom. The fourth-order valence-corrected chi connectivity index (χ4v) is 3.69. The van der Waals surface area contributed by atoms with Crippen molar-refractivity contribution in [2.45, 2.75) is 13.0 Å². The highest BCUT2D eigenvalue weighted by atomic mass is 35.5. The number of methoxy groups -OCH3 is 2. The van der Waals surface area contributed by atoms with Crippen molar-refractivity contribution in [3.05, 3.63) is 52.0 Å². The number of piperazine rings is 1. The Labute approximate surface area is 173 Å². The van der Waals surface area contributed by atoms with E-state index in [1.165, 1.54) is 19.1 Å². The normalized spacial score (nSPS) is 16.9. The summed E-state index contributed by atoms with van der Waals surface area (Å²) >= 11 is 12.2. The smallest absolute Gasteiger partial charge is 0.254 e. The molecule has 0 unspecified atom stereocenters. The van der Waals surface area contributed by atoms with Crippen LogP contribution < -0.4 is 14.4 Å². The van der Waals surface area contributed by atoms with Crippen molar-refractivity contribution in [3.63, 3.8) is 0 Å². The molecule has 0 aromatic heterocycles. The molecule has 1 heterocycles. The molecule has 2 amide bonds. The predicted octanol–water partition coefficient (Wildman–Crippen LogP) is 3.89. The van der Waals surface area contributed by atoms with Crippen molar-refractivity contribution in [1.82, 2.24) is 4.90 Å². The highest BCUT2D eigenvalue weighted by Gasteiger charge is 2.36. The molecule has 6 nitrogen and oxygen atoms in total. The van der Waals surface area contributed by atoms with E-state index in [2.05, 4.69) is 0 Å². The molecule has 1 atom stereocenters. The summed E-state index contributed by atoms with van der Waals surface area (Å²) in [6.07, 6.45) is 0. The summed E-state index contributed by atoms with van der Waals surface area (Å²) < 4.78 is 10.5. The van der Waals surface area contributed by atoms with Crippen molar-refractivity contribution >= 4 is 40.7 Å². The molecule has 148 valence electrons. The number of ether oxygens (including phenoxy) is 2. The molecular formula is C20H20Cl2N2O4. The second-order valence-corrected chi connectivity index (χ2v) is 7.21. The van der Waals surface area contributed by atoms with Gasteiger partial charge >= 0.3 is 0 Å². The van der Waals surface area contributed by atoms with Crippen molar-refractivity contribution in [3.8, 4) is 11.5 Å². The van der Waals surface area contributed by atoms with Crippen LogP contribution in [0, 0.1) is 0 Å². The lowest BCUT2D eigenvalue weighted by molar-refractivity contribution is -0.124. The second-order valence-electron chi connectivity index (χ2n) is 6.36. The first-order chi connectivity index (χ1) is 13.3. The Bertz CT molecular complexity index is 897. The van der Waals surface area contributed by atoms with Gasteiger partial charge in [-0.05, 0) is 37.3 Å². The van der Waals surface area contributed by atoms with Crippen LogP contribution in [0.2, 0.25) is 10.0 Å². The standard InChI is InChI=1S/C20H20Cl2N2O4/c1-12-19(25)24(18-5-4-14(21)10-17(18)22)7-6-23(12)20(26)13-8-15(27-2)11-16(9-13)28-3/h4-5,8-12H,6-7H2,1-3H3/t12-/m0/s1. The summed E-state index contributed by atoms with van der Waals surface area (Å²) in [5.41, 5.74) is 0.979. The van der Waals surface area contributed by atoms with Gasteiger partial charge in [0.15, 0.2) is 0 Å². The summed E-state index contributed by atoms with van der Waals surface area (Å²) in [4.78, 5) is 29.1. The van der Waals surface area contributed by atoms with Crippen LogP contribution in [0.5, 0.6) is 11.5 Å². The molecule has 0 bridgehead atoms. The van der Waals surface area contributed by atoms with E-state index in [0.717, 1.165) is 0 Å². The third-order valence-electron chi connectivity index (χ3n) is 4.72. The molecule has 0 aliphatic carbocycles. The number of benzene rings is 2. The minimum absolute atomic E-state index is 0.210. The van der Waals surface area contributed by atoms with Crippen LogP contribution in [0.15, 0.2) is 36.4 Å². The molecule has 2 aromatic rings. The van der Waals surface area contributed by atoms with Gasteiger partial charge in [0.05, 0.1) is 24.9 Å². The van der Waals surface area contributed by atoms with Gasteiger partial charge in [0.2, 0.25) is 5.91 Å². The molecule has 0 radical (unpaired) electrons. The maximum Gasteiger partial charge on any atom is 0.254 e. The van der Waals surface area contributed by atoms with E-state index in [0.29, 0.717) is 45.9 Å². The highest BCUT2D eigenvalue weighted by Crippen LogP contribution is 2.31. The molecule has 28 heavy (non-hydrogen) atoms. The second kappa shape index (κ2) is 8.29. The molecule has 0 saturated carbocycles. The van der Waals surface area contributed by atoms with E-state index in [4.69, 9.17) is 32.7 Å². The summed E-state index contributed by atoms with van der Waals surface area (Å²) in [5.74, 6) is 0.542. The minimum atomic E-state index is -0.648. The number of carbonyl (C=O) groups excluding carboxylic acids is 2. The maximum absolute atomic E-state index is 13.0. The van der Waals surface area contributed by atoms with Gasteiger partial charge in [-0.25, -0.2) is 0 Å². The molecule has 0 N–H and O–H groups in total. The maximum atomic E-state index is 13.0. The number of hydrogen-bond donors (Lipinski definition) is 0. The van der Waals surface area contributed by atoms with Gasteiger partial charge < -0.3 is 19.3 Å². The molecule has 0 spiro atoms. The van der Waals surface area contributed by atoms with E-state index < -0.39 is 6.04 Å². The number of hydrogen-bond acceptors (Lipinski definition) is 4. The number of carbonyl (C=O) groups is 2. The van der Waals surface area contributed by atoms with Crippen LogP contribution in [-0.4, -0.2) is 50.1 Å². The van der Waals surface area contributed by atoms with Crippen LogP contribution >= 0.6 is 23.2 Å². The van der Waals surface area contributed by atoms with Gasteiger partial charge in [-0.1, -0.05) is 23.2 Å². The third-order valence-corrected chi connectivity index (χ3v) is 5.25. The highest BCUT2D eigenvalue weighted by molar-refractivity contribution is 6.36. The molecule has 1 aliphatic rings. The van der Waals surface area contributed by atoms with Gasteiger partial charge in [0.1, 0.15) is 17.5 Å². The molecular weight excluding hydrogens is 403 g/mol. The summed E-state index contributed by atoms with van der Waals surface area (Å²) in [6, 6.07) is 9.28. The van der Waals surface area contributed by atoms with Gasteiger partial charge in [-0.2, -0.15) is 0 Å². The van der Waals surface area contributed by atoms with Crippen LogP contribution in [0.3, 0.4) is 0 Å². The lowest BCUT2D eigenvalue weighted by Crippen LogP contribution is -2.57. The fourth-order valence-electron chi connectivity index (χ4n) is 3.18. The largest absolute Gasteiger partial charge is 0.497 e. The van der Waals surface area contributed by atoms with E-state index >= 15 is 0 Å². The lowest BCUT2D eigenvalue weighted by atomic mass is 10.1. The van der Waals surface area contributed by atoms with E-state index in [1.807, 2.05) is 0 Å². The van der Waals surface area contributed by atoms with Gasteiger partial charge in [0, 0.05) is 29.7 Å². The summed E-state index contributed by atoms with van der Waals surface area (Å²) in [6.45, 7) is 2.40. The van der Waals surface area contributed by atoms with E-state index in [-0.39, 0.29) is 11.8 Å². The predicted molar refractivity (Wildman–Crippen MR) is 109 cm³/mol. The fraction of sp³-hybridized carbons (Fsp3) is 0.300. The van der Waals surface area contributed by atoms with Crippen LogP contribution in [-0.2, 0) is 4.79 Å². The summed E-state index contributed by atoms with van der Waals surface area (Å²) in [5, 5.41) is 0.889. The van der Waals surface area contributed by atoms with E-state index in [1.54, 1.807) is 48.2 Å². The van der Waals surface area contributed by atoms with Crippen molar-refractivity contribution in [1.29, 1.82) is 0 Å². The van der Waals surface area contributed by atoms with Crippen LogP contribution in [0.4, 0.5) is 5.69 Å². The molecule has 1 saturated heterocycles. The quantitative estimate of drug-likeness (QED) is 0.749. The Hall–Kier alpha value is -2.44. The van der Waals surface area contributed by atoms with Crippen molar-refractivity contribution in [2.75, 3.05) is 32.2 Å². The first-order valence-electron chi connectivity index (χ1n) is 8.66. The Morgan fingerprint density at radius 1 is 1.04 bits per heavy atom. The Morgan fingerprint density at radius 3 is 2.25 bits per heavy atom. The van der Waals surface area contributed by atoms with Crippen molar-refractivity contribution < 1.29 is 19.1 Å². The number of nitrogens with zero attached hydrogens (tertiary/aromatic N) is 2. The van der Waals surface area contributed by atoms with Gasteiger partial charge in [-0.15, -0.1) is 0 Å². The summed E-state index contributed by atoms with van der Waals surface area (Å²) in [7, 11) is 3.04. The van der Waals surface area contributed by atoms with Gasteiger partial charge in [0.25, 0.3) is 5.91 Å². The van der Waals surface area contributed by atoms with Crippen LogP contribution in [0.1, 0.15) is 17.3 Å². The monoisotopic (exact) mass is 422 g/mol. The molecule has 1 fully saturated rings. The lowest BCUT2D eigenvalue weighted by Gasteiger charge is -2.39. The molecule has 2 aromatic carbocycles.